The average molecular weight is 322 g/mol. The molecule has 0 spiro atoms. The lowest BCUT2D eigenvalue weighted by atomic mass is 10.1. The Kier molecular flexibility index (Phi) is 3.62. The number of rotatable bonds is 2. The second-order valence-electron chi connectivity index (χ2n) is 4.50. The van der Waals surface area contributed by atoms with Gasteiger partial charge in [-0.15, -0.1) is 0 Å². The second-order valence-corrected chi connectivity index (χ2v) is 5.31. The number of fused-ring (bicyclic) bond motifs is 1. The molecule has 0 amide bonds. The molecule has 0 heterocycles. The van der Waals surface area contributed by atoms with Crippen molar-refractivity contribution in [1.82, 2.24) is 0 Å². The van der Waals surface area contributed by atoms with Crippen LogP contribution < -0.4 is 10.5 Å². The lowest BCUT2D eigenvalue weighted by Crippen LogP contribution is -1.94. The number of nitrogen functional groups attached to an aromatic ring is 1. The van der Waals surface area contributed by atoms with Gasteiger partial charge in [0.2, 0.25) is 0 Å². The quantitative estimate of drug-likeness (QED) is 0.618. The van der Waals surface area contributed by atoms with Crippen LogP contribution in [0.3, 0.4) is 0 Å². The van der Waals surface area contributed by atoms with E-state index in [9.17, 15) is 4.39 Å². The second kappa shape index (κ2) is 5.43. The SMILES string of the molecule is Nc1cc(Cl)c(F)cc1Oc1ccc(Cl)c2ccccc12. The first-order valence-corrected chi connectivity index (χ1v) is 6.91. The number of hydrogen-bond acceptors (Lipinski definition) is 2. The van der Waals surface area contributed by atoms with Crippen LogP contribution in [0.2, 0.25) is 10.0 Å². The van der Waals surface area contributed by atoms with Crippen LogP contribution in [0.15, 0.2) is 48.5 Å². The van der Waals surface area contributed by atoms with Crippen LogP contribution in [0.1, 0.15) is 0 Å². The van der Waals surface area contributed by atoms with Crippen molar-refractivity contribution < 1.29 is 9.13 Å². The molecule has 5 heteroatoms. The molecule has 3 aromatic carbocycles. The van der Waals surface area contributed by atoms with Gasteiger partial charge in [-0.1, -0.05) is 47.5 Å². The Balaban J connectivity index is 2.11. The summed E-state index contributed by atoms with van der Waals surface area (Å²) in [5.41, 5.74) is 6.07. The van der Waals surface area contributed by atoms with E-state index in [0.29, 0.717) is 10.8 Å². The van der Waals surface area contributed by atoms with E-state index in [4.69, 9.17) is 33.7 Å². The Morgan fingerprint density at radius 3 is 2.33 bits per heavy atom. The Morgan fingerprint density at radius 2 is 1.57 bits per heavy atom. The zero-order chi connectivity index (χ0) is 15.0. The third-order valence-corrected chi connectivity index (χ3v) is 3.72. The van der Waals surface area contributed by atoms with E-state index >= 15 is 0 Å². The maximum Gasteiger partial charge on any atom is 0.153 e. The van der Waals surface area contributed by atoms with Gasteiger partial charge in [-0.25, -0.2) is 4.39 Å². The lowest BCUT2D eigenvalue weighted by Gasteiger charge is -2.12. The first-order valence-electron chi connectivity index (χ1n) is 6.16. The average Bonchev–Trinajstić information content (AvgIpc) is 2.48. The van der Waals surface area contributed by atoms with E-state index in [2.05, 4.69) is 0 Å². The summed E-state index contributed by atoms with van der Waals surface area (Å²) in [6, 6.07) is 13.4. The molecule has 3 aromatic rings. The van der Waals surface area contributed by atoms with Gasteiger partial charge >= 0.3 is 0 Å². The molecular weight excluding hydrogens is 312 g/mol. The first kappa shape index (κ1) is 14.0. The van der Waals surface area contributed by atoms with Crippen molar-refractivity contribution in [1.29, 1.82) is 0 Å². The van der Waals surface area contributed by atoms with Crippen molar-refractivity contribution in [2.24, 2.45) is 0 Å². The summed E-state index contributed by atoms with van der Waals surface area (Å²) in [7, 11) is 0. The van der Waals surface area contributed by atoms with E-state index < -0.39 is 5.82 Å². The topological polar surface area (TPSA) is 35.2 Å². The molecule has 0 bridgehead atoms. The Bertz CT molecular complexity index is 836. The summed E-state index contributed by atoms with van der Waals surface area (Å²) < 4.78 is 19.3. The molecule has 0 aromatic heterocycles. The molecule has 0 aliphatic carbocycles. The predicted octanol–water partition coefficient (Wildman–Crippen LogP) is 5.66. The standard InChI is InChI=1S/C16H10Cl2FNO/c17-11-5-6-15(10-4-2-1-3-9(10)11)21-16-8-13(19)12(18)7-14(16)20/h1-8H,20H2. The van der Waals surface area contributed by atoms with Gasteiger partial charge in [0.05, 0.1) is 10.7 Å². The third-order valence-electron chi connectivity index (χ3n) is 3.10. The Labute approximate surface area is 130 Å². The maximum absolute atomic E-state index is 13.6. The van der Waals surface area contributed by atoms with Crippen molar-refractivity contribution >= 4 is 39.7 Å². The summed E-state index contributed by atoms with van der Waals surface area (Å²) >= 11 is 11.8. The van der Waals surface area contributed by atoms with Crippen LogP contribution in [0, 0.1) is 5.82 Å². The number of ether oxygens (including phenoxy) is 1. The van der Waals surface area contributed by atoms with Gasteiger partial charge in [-0.05, 0) is 18.2 Å². The largest absolute Gasteiger partial charge is 0.454 e. The number of hydrogen-bond donors (Lipinski definition) is 1. The molecule has 3 rings (SSSR count). The molecule has 0 saturated heterocycles. The normalized spacial score (nSPS) is 10.8. The van der Waals surface area contributed by atoms with Gasteiger partial charge in [0, 0.05) is 21.9 Å². The van der Waals surface area contributed by atoms with Crippen molar-refractivity contribution in [3.05, 3.63) is 64.4 Å². The highest BCUT2D eigenvalue weighted by atomic mass is 35.5. The minimum Gasteiger partial charge on any atom is -0.454 e. The highest BCUT2D eigenvalue weighted by Gasteiger charge is 2.11. The molecule has 0 atom stereocenters. The van der Waals surface area contributed by atoms with Crippen LogP contribution in [0.4, 0.5) is 10.1 Å². The molecule has 0 fully saturated rings. The summed E-state index contributed by atoms with van der Waals surface area (Å²) in [4.78, 5) is 0. The Hall–Kier alpha value is -1.97. The van der Waals surface area contributed by atoms with E-state index in [1.807, 2.05) is 24.3 Å². The maximum atomic E-state index is 13.6. The van der Waals surface area contributed by atoms with Crippen LogP contribution >= 0.6 is 23.2 Å². The summed E-state index contributed by atoms with van der Waals surface area (Å²) in [6.45, 7) is 0. The summed E-state index contributed by atoms with van der Waals surface area (Å²) in [5, 5.41) is 2.25. The molecule has 0 saturated carbocycles. The van der Waals surface area contributed by atoms with Crippen LogP contribution in [0.25, 0.3) is 10.8 Å². The zero-order valence-corrected chi connectivity index (χ0v) is 12.3. The van der Waals surface area contributed by atoms with Crippen molar-refractivity contribution in [3.63, 3.8) is 0 Å². The smallest absolute Gasteiger partial charge is 0.153 e. The van der Waals surface area contributed by atoms with Crippen molar-refractivity contribution in [2.45, 2.75) is 0 Å². The monoisotopic (exact) mass is 321 g/mol. The number of nitrogens with two attached hydrogens (primary N) is 1. The van der Waals surface area contributed by atoms with Gasteiger partial charge < -0.3 is 10.5 Å². The number of halogens is 3. The first-order chi connectivity index (χ1) is 10.1. The van der Waals surface area contributed by atoms with Crippen LogP contribution in [-0.2, 0) is 0 Å². The number of benzene rings is 3. The van der Waals surface area contributed by atoms with Gasteiger partial charge in [0.25, 0.3) is 0 Å². The predicted molar refractivity (Wildman–Crippen MR) is 84.9 cm³/mol. The van der Waals surface area contributed by atoms with Gasteiger partial charge in [-0.3, -0.25) is 0 Å². The third kappa shape index (κ3) is 2.62. The lowest BCUT2D eigenvalue weighted by molar-refractivity contribution is 0.484. The molecule has 2 nitrogen and oxygen atoms in total. The molecule has 0 unspecified atom stereocenters. The molecule has 0 aliphatic rings. The zero-order valence-electron chi connectivity index (χ0n) is 10.7. The van der Waals surface area contributed by atoms with E-state index in [0.717, 1.165) is 10.8 Å². The van der Waals surface area contributed by atoms with Crippen LogP contribution in [-0.4, -0.2) is 0 Å². The molecule has 106 valence electrons. The molecule has 0 aliphatic heterocycles. The van der Waals surface area contributed by atoms with Gasteiger partial charge in [0.15, 0.2) is 5.75 Å². The van der Waals surface area contributed by atoms with E-state index in [1.165, 1.54) is 12.1 Å². The highest BCUT2D eigenvalue weighted by molar-refractivity contribution is 6.35. The minimum atomic E-state index is -0.584. The van der Waals surface area contributed by atoms with E-state index in [1.54, 1.807) is 12.1 Å². The minimum absolute atomic E-state index is 0.0409. The number of anilines is 1. The fourth-order valence-corrected chi connectivity index (χ4v) is 2.47. The fraction of sp³-hybridized carbons (Fsp3) is 0. The van der Waals surface area contributed by atoms with Gasteiger partial charge in [-0.2, -0.15) is 0 Å². The Morgan fingerprint density at radius 1 is 0.857 bits per heavy atom. The molecule has 21 heavy (non-hydrogen) atoms. The fourth-order valence-electron chi connectivity index (χ4n) is 2.07. The highest BCUT2D eigenvalue weighted by Crippen LogP contribution is 2.37. The summed E-state index contributed by atoms with van der Waals surface area (Å²) in [5.74, 6) is 0.173. The van der Waals surface area contributed by atoms with E-state index in [-0.39, 0.29) is 16.5 Å². The molecule has 0 radical (unpaired) electrons. The molecule has 2 N–H and O–H groups in total. The van der Waals surface area contributed by atoms with Crippen LogP contribution in [0.5, 0.6) is 11.5 Å². The van der Waals surface area contributed by atoms with Crippen molar-refractivity contribution in [3.8, 4) is 11.5 Å². The van der Waals surface area contributed by atoms with Crippen molar-refractivity contribution in [2.75, 3.05) is 5.73 Å². The van der Waals surface area contributed by atoms with Gasteiger partial charge in [0.1, 0.15) is 11.6 Å². The summed E-state index contributed by atoms with van der Waals surface area (Å²) in [6.07, 6.45) is 0. The molecular formula is C16H10Cl2FNO.